The Hall–Kier alpha value is -3.12. The molecule has 4 rings (SSSR count). The highest BCUT2D eigenvalue weighted by atomic mass is 16.5. The van der Waals surface area contributed by atoms with Gasteiger partial charge in [-0.1, -0.05) is 30.3 Å². The molecule has 1 aromatic heterocycles. The van der Waals surface area contributed by atoms with Crippen LogP contribution < -0.4 is 15.7 Å². The Balaban J connectivity index is 1.34. The highest BCUT2D eigenvalue weighted by Crippen LogP contribution is 2.30. The van der Waals surface area contributed by atoms with Crippen molar-refractivity contribution in [2.45, 2.75) is 59.2 Å². The van der Waals surface area contributed by atoms with Gasteiger partial charge in [0.15, 0.2) is 6.10 Å². The lowest BCUT2D eigenvalue weighted by Gasteiger charge is -2.33. The Morgan fingerprint density at radius 1 is 1.06 bits per heavy atom. The molecule has 3 aromatic rings. The van der Waals surface area contributed by atoms with Gasteiger partial charge < -0.3 is 14.5 Å². The van der Waals surface area contributed by atoms with Crippen LogP contribution in [0, 0.1) is 20.8 Å². The van der Waals surface area contributed by atoms with Crippen LogP contribution in [0.5, 0.6) is 5.75 Å². The van der Waals surface area contributed by atoms with E-state index in [-0.39, 0.29) is 17.6 Å². The first-order chi connectivity index (χ1) is 15.8. The summed E-state index contributed by atoms with van der Waals surface area (Å²) in [4.78, 5) is 27.3. The van der Waals surface area contributed by atoms with Crippen molar-refractivity contribution in [3.63, 3.8) is 0 Å². The van der Waals surface area contributed by atoms with Crippen molar-refractivity contribution >= 4 is 16.9 Å². The van der Waals surface area contributed by atoms with E-state index in [1.807, 2.05) is 32.0 Å². The fourth-order valence-electron chi connectivity index (χ4n) is 4.39. The monoisotopic (exact) mass is 448 g/mol. The van der Waals surface area contributed by atoms with Gasteiger partial charge in [-0.3, -0.25) is 9.69 Å². The number of ether oxygens (including phenoxy) is 1. The number of carbonyl (C=O) groups excluding carboxylic acids is 1. The summed E-state index contributed by atoms with van der Waals surface area (Å²) in [6, 6.07) is 14.3. The van der Waals surface area contributed by atoms with E-state index in [0.29, 0.717) is 16.9 Å². The maximum absolute atomic E-state index is 12.8. The predicted molar refractivity (Wildman–Crippen MR) is 130 cm³/mol. The topological polar surface area (TPSA) is 71.8 Å². The van der Waals surface area contributed by atoms with E-state index < -0.39 is 6.10 Å². The fourth-order valence-corrected chi connectivity index (χ4v) is 4.39. The lowest BCUT2D eigenvalue weighted by Crippen LogP contribution is -2.47. The van der Waals surface area contributed by atoms with E-state index in [4.69, 9.17) is 9.15 Å². The second kappa shape index (κ2) is 9.79. The summed E-state index contributed by atoms with van der Waals surface area (Å²) in [5, 5.41) is 4.03. The molecule has 0 radical (unpaired) electrons. The number of amides is 1. The summed E-state index contributed by atoms with van der Waals surface area (Å²) in [5.74, 6) is 0.423. The van der Waals surface area contributed by atoms with Crippen LogP contribution in [0.2, 0.25) is 0 Å². The van der Waals surface area contributed by atoms with Gasteiger partial charge in [-0.2, -0.15) is 0 Å². The van der Waals surface area contributed by atoms with Gasteiger partial charge in [-0.25, -0.2) is 4.79 Å². The molecule has 0 aliphatic carbocycles. The number of rotatable bonds is 6. The van der Waals surface area contributed by atoms with Gasteiger partial charge in [-0.15, -0.1) is 0 Å². The van der Waals surface area contributed by atoms with E-state index in [0.717, 1.165) is 49.0 Å². The average Bonchev–Trinajstić information content (AvgIpc) is 2.81. The van der Waals surface area contributed by atoms with E-state index >= 15 is 0 Å². The number of hydrogen-bond acceptors (Lipinski definition) is 5. The smallest absolute Gasteiger partial charge is 0.339 e. The Morgan fingerprint density at radius 2 is 1.76 bits per heavy atom. The zero-order chi connectivity index (χ0) is 23.5. The molecule has 2 aromatic carbocycles. The summed E-state index contributed by atoms with van der Waals surface area (Å²) >= 11 is 0. The molecule has 1 N–H and O–H groups in total. The van der Waals surface area contributed by atoms with Crippen LogP contribution in [-0.2, 0) is 11.3 Å². The molecule has 2 heterocycles. The number of hydrogen-bond donors (Lipinski definition) is 1. The van der Waals surface area contributed by atoms with Gasteiger partial charge in [0.25, 0.3) is 5.91 Å². The number of piperidine rings is 1. The summed E-state index contributed by atoms with van der Waals surface area (Å²) < 4.78 is 11.5. The minimum absolute atomic E-state index is 0.127. The second-order valence-corrected chi connectivity index (χ2v) is 9.01. The van der Waals surface area contributed by atoms with Crippen molar-refractivity contribution in [1.29, 1.82) is 0 Å². The molecule has 6 nitrogen and oxygen atoms in total. The number of benzene rings is 2. The minimum Gasteiger partial charge on any atom is -0.480 e. The lowest BCUT2D eigenvalue weighted by molar-refractivity contribution is -0.128. The molecule has 1 aliphatic rings. The molecule has 1 fully saturated rings. The van der Waals surface area contributed by atoms with Crippen LogP contribution in [0.3, 0.4) is 0 Å². The van der Waals surface area contributed by atoms with Crippen LogP contribution in [0.1, 0.15) is 42.0 Å². The van der Waals surface area contributed by atoms with Gasteiger partial charge in [0, 0.05) is 42.2 Å². The summed E-state index contributed by atoms with van der Waals surface area (Å²) in [5.41, 5.74) is 3.72. The largest absolute Gasteiger partial charge is 0.480 e. The third kappa shape index (κ3) is 5.11. The maximum Gasteiger partial charge on any atom is 0.339 e. The molecular formula is C27H32N2O4. The average molecular weight is 449 g/mol. The highest BCUT2D eigenvalue weighted by molar-refractivity contribution is 5.86. The molecule has 0 bridgehead atoms. The Bertz CT molecular complexity index is 1190. The SMILES string of the molecule is Cc1c(C)c2ccc(O[C@H](C)C(=O)NC3CCN(Cc4ccccc4)CC3)c(C)c2oc1=O. The number of nitrogens with zero attached hydrogens (tertiary/aromatic N) is 1. The third-order valence-electron chi connectivity index (χ3n) is 6.68. The Morgan fingerprint density at radius 3 is 2.45 bits per heavy atom. The van der Waals surface area contributed by atoms with E-state index in [2.05, 4.69) is 34.5 Å². The van der Waals surface area contributed by atoms with Gasteiger partial charge in [0.2, 0.25) is 0 Å². The molecule has 0 unspecified atom stereocenters. The zero-order valence-corrected chi connectivity index (χ0v) is 19.8. The van der Waals surface area contributed by atoms with Crippen molar-refractivity contribution < 1.29 is 13.9 Å². The van der Waals surface area contributed by atoms with Crippen LogP contribution in [0.15, 0.2) is 51.7 Å². The zero-order valence-electron chi connectivity index (χ0n) is 19.8. The standard InChI is InChI=1S/C27H32N2O4/c1-17-18(2)27(31)33-25-19(3)24(11-10-23(17)25)32-20(4)26(30)28-22-12-14-29(15-13-22)16-21-8-6-5-7-9-21/h5-11,20,22H,12-16H2,1-4H3,(H,28,30)/t20-/m1/s1. The number of aryl methyl sites for hydroxylation is 2. The first-order valence-corrected chi connectivity index (χ1v) is 11.6. The number of nitrogens with one attached hydrogen (secondary N) is 1. The number of carbonyl (C=O) groups is 1. The van der Waals surface area contributed by atoms with Crippen molar-refractivity contribution in [1.82, 2.24) is 10.2 Å². The van der Waals surface area contributed by atoms with E-state index in [1.165, 1.54) is 5.56 Å². The molecule has 1 amide bonds. The Labute approximate surface area is 194 Å². The van der Waals surface area contributed by atoms with E-state index in [1.54, 1.807) is 13.8 Å². The second-order valence-electron chi connectivity index (χ2n) is 9.01. The lowest BCUT2D eigenvalue weighted by atomic mass is 10.0. The van der Waals surface area contributed by atoms with Crippen molar-refractivity contribution in [2.24, 2.45) is 0 Å². The maximum atomic E-state index is 12.8. The van der Waals surface area contributed by atoms with Gasteiger partial charge in [0.1, 0.15) is 11.3 Å². The van der Waals surface area contributed by atoms with Gasteiger partial charge in [0.05, 0.1) is 0 Å². The molecule has 33 heavy (non-hydrogen) atoms. The molecule has 1 atom stereocenters. The minimum atomic E-state index is -0.651. The molecule has 1 saturated heterocycles. The Kier molecular flexibility index (Phi) is 6.84. The molecule has 6 heteroatoms. The highest BCUT2D eigenvalue weighted by Gasteiger charge is 2.24. The van der Waals surface area contributed by atoms with Gasteiger partial charge in [-0.05, 0) is 63.8 Å². The third-order valence-corrected chi connectivity index (χ3v) is 6.68. The fraction of sp³-hybridized carbons (Fsp3) is 0.407. The van der Waals surface area contributed by atoms with Crippen LogP contribution in [0.4, 0.5) is 0 Å². The molecule has 174 valence electrons. The van der Waals surface area contributed by atoms with Gasteiger partial charge >= 0.3 is 5.63 Å². The predicted octanol–water partition coefficient (Wildman–Crippen LogP) is 4.27. The quantitative estimate of drug-likeness (QED) is 0.571. The van der Waals surface area contributed by atoms with Crippen LogP contribution in [0.25, 0.3) is 11.0 Å². The normalized spacial score (nSPS) is 16.0. The van der Waals surface area contributed by atoms with Crippen LogP contribution >= 0.6 is 0 Å². The van der Waals surface area contributed by atoms with Crippen molar-refractivity contribution in [2.75, 3.05) is 13.1 Å². The summed E-state index contributed by atoms with van der Waals surface area (Å²) in [6.07, 6.45) is 1.19. The van der Waals surface area contributed by atoms with Crippen molar-refractivity contribution in [3.8, 4) is 5.75 Å². The van der Waals surface area contributed by atoms with Crippen molar-refractivity contribution in [3.05, 3.63) is 75.1 Å². The molecular weight excluding hydrogens is 416 g/mol. The first kappa shape index (κ1) is 23.1. The molecule has 0 spiro atoms. The molecule has 1 aliphatic heterocycles. The number of fused-ring (bicyclic) bond motifs is 1. The molecule has 0 saturated carbocycles. The summed E-state index contributed by atoms with van der Waals surface area (Å²) in [7, 11) is 0. The first-order valence-electron chi connectivity index (χ1n) is 11.6. The van der Waals surface area contributed by atoms with Crippen LogP contribution in [-0.4, -0.2) is 36.0 Å². The number of likely N-dealkylation sites (tertiary alicyclic amines) is 1. The van der Waals surface area contributed by atoms with E-state index in [9.17, 15) is 9.59 Å². The summed E-state index contributed by atoms with van der Waals surface area (Å²) in [6.45, 7) is 10.1.